The van der Waals surface area contributed by atoms with Gasteiger partial charge in [0.25, 0.3) is 0 Å². The van der Waals surface area contributed by atoms with Crippen molar-refractivity contribution in [1.29, 1.82) is 0 Å². The van der Waals surface area contributed by atoms with E-state index in [0.717, 1.165) is 19.3 Å². The number of nitrogens with one attached hydrogen (secondary N) is 1. The van der Waals surface area contributed by atoms with Crippen LogP contribution in [0.4, 0.5) is 13.6 Å². The number of allylic oxidation sites excluding steroid dienone is 2. The van der Waals surface area contributed by atoms with Gasteiger partial charge in [-0.1, -0.05) is 40.3 Å². The fourth-order valence-electron chi connectivity index (χ4n) is 6.17. The number of likely N-dealkylation sites (tertiary alicyclic amines) is 1. The second-order valence-electron chi connectivity index (χ2n) is 15.0. The zero-order valence-electron chi connectivity index (χ0n) is 30.3. The van der Waals surface area contributed by atoms with Gasteiger partial charge in [-0.15, -0.1) is 6.58 Å². The number of hydrogen-bond acceptors (Lipinski definition) is 9. The first kappa shape index (κ1) is 38.5. The van der Waals surface area contributed by atoms with Crippen LogP contribution in [-0.2, 0) is 25.0 Å². The van der Waals surface area contributed by atoms with Crippen LogP contribution < -0.4 is 14.8 Å². The Bertz CT molecular complexity index is 1600. The molecule has 2 fully saturated rings. The molecule has 1 aliphatic heterocycles. The van der Waals surface area contributed by atoms with E-state index in [1.165, 1.54) is 24.1 Å². The lowest BCUT2D eigenvalue weighted by atomic mass is 9.85. The highest BCUT2D eigenvalue weighted by molar-refractivity contribution is 5.91. The van der Waals surface area contributed by atoms with Crippen molar-refractivity contribution in [3.8, 4) is 11.6 Å². The van der Waals surface area contributed by atoms with E-state index in [4.69, 9.17) is 18.9 Å². The standard InChI is InChI=1S/C37H50F2N4O7/c1-11-14-15-21-18-26(21)49-34(46)42-30(35(4,5)6)32(44)43-20-27(23(12-2)28(43)33(45)50-36(7,8)9)48-31-29(37(38,39)13-3)40-24-17-16-22(47-10)19-25(24)41-31/h11,13,16-17,19,21,23,26-28,30H,1,3,12,14-15,18,20H2,2,4-10H3,(H,42,46)/t21-,23-,26-,27+,28+,30-/m1/s1. The van der Waals surface area contributed by atoms with Crippen molar-refractivity contribution >= 4 is 29.0 Å². The average Bonchev–Trinajstić information content (AvgIpc) is 3.66. The molecule has 50 heavy (non-hydrogen) atoms. The number of amides is 2. The van der Waals surface area contributed by atoms with Crippen molar-refractivity contribution in [2.24, 2.45) is 17.3 Å². The van der Waals surface area contributed by atoms with Crippen LogP contribution in [0.15, 0.2) is 43.5 Å². The van der Waals surface area contributed by atoms with Crippen LogP contribution >= 0.6 is 0 Å². The molecule has 4 rings (SSSR count). The molecule has 0 radical (unpaired) electrons. The van der Waals surface area contributed by atoms with E-state index >= 15 is 8.78 Å². The van der Waals surface area contributed by atoms with E-state index in [0.29, 0.717) is 18.2 Å². The Hall–Kier alpha value is -4.29. The number of alkyl halides is 2. The number of nitrogens with zero attached hydrogens (tertiary/aromatic N) is 3. The first-order valence-electron chi connectivity index (χ1n) is 17.0. The number of esters is 1. The molecule has 1 aliphatic carbocycles. The summed E-state index contributed by atoms with van der Waals surface area (Å²) in [7, 11) is 1.46. The molecule has 1 saturated heterocycles. The van der Waals surface area contributed by atoms with E-state index < -0.39 is 70.6 Å². The maximum absolute atomic E-state index is 15.3. The lowest BCUT2D eigenvalue weighted by molar-refractivity contribution is -0.165. The summed E-state index contributed by atoms with van der Waals surface area (Å²) in [5, 5.41) is 2.74. The number of aromatic nitrogens is 2. The molecule has 1 N–H and O–H groups in total. The molecule has 2 heterocycles. The van der Waals surface area contributed by atoms with Crippen LogP contribution in [0.3, 0.4) is 0 Å². The predicted octanol–water partition coefficient (Wildman–Crippen LogP) is 6.74. The van der Waals surface area contributed by atoms with Gasteiger partial charge in [-0.25, -0.2) is 19.6 Å². The fraction of sp³-hybridized carbons (Fsp3) is 0.595. The third-order valence-electron chi connectivity index (χ3n) is 8.91. The zero-order valence-corrected chi connectivity index (χ0v) is 30.3. The van der Waals surface area contributed by atoms with Crippen LogP contribution in [0, 0.1) is 17.3 Å². The molecule has 274 valence electrons. The van der Waals surface area contributed by atoms with Gasteiger partial charge in [-0.2, -0.15) is 8.78 Å². The van der Waals surface area contributed by atoms with Gasteiger partial charge in [0, 0.05) is 12.0 Å². The number of fused-ring (bicyclic) bond motifs is 1. The summed E-state index contributed by atoms with van der Waals surface area (Å²) < 4.78 is 53.5. The summed E-state index contributed by atoms with van der Waals surface area (Å²) in [5.74, 6) is -5.38. The van der Waals surface area contributed by atoms with Crippen molar-refractivity contribution in [1.82, 2.24) is 20.2 Å². The quantitative estimate of drug-likeness (QED) is 0.179. The van der Waals surface area contributed by atoms with E-state index in [1.54, 1.807) is 54.5 Å². The number of carbonyl (C=O) groups excluding carboxylic acids is 3. The largest absolute Gasteiger partial charge is 0.497 e. The number of rotatable bonds is 13. The summed E-state index contributed by atoms with van der Waals surface area (Å²) in [6, 6.07) is 2.34. The highest BCUT2D eigenvalue weighted by atomic mass is 19.3. The summed E-state index contributed by atoms with van der Waals surface area (Å²) >= 11 is 0. The van der Waals surface area contributed by atoms with Gasteiger partial charge in [-0.3, -0.25) is 4.79 Å². The monoisotopic (exact) mass is 700 g/mol. The third-order valence-corrected chi connectivity index (χ3v) is 8.91. The van der Waals surface area contributed by atoms with Gasteiger partial charge in [0.05, 0.1) is 24.7 Å². The minimum absolute atomic E-state index is 0.181. The lowest BCUT2D eigenvalue weighted by Crippen LogP contribution is -2.58. The number of alkyl carbamates (subject to hydrolysis) is 1. The third kappa shape index (κ3) is 8.89. The smallest absolute Gasteiger partial charge is 0.408 e. The van der Waals surface area contributed by atoms with Gasteiger partial charge in [0.2, 0.25) is 11.8 Å². The molecule has 0 unspecified atom stereocenters. The Balaban J connectivity index is 1.71. The maximum atomic E-state index is 15.3. The highest BCUT2D eigenvalue weighted by Gasteiger charge is 2.53. The van der Waals surface area contributed by atoms with E-state index in [1.807, 2.05) is 6.08 Å². The summed E-state index contributed by atoms with van der Waals surface area (Å²) in [6.07, 6.45) is 3.00. The molecule has 0 spiro atoms. The van der Waals surface area contributed by atoms with E-state index in [9.17, 15) is 14.4 Å². The molecule has 2 aromatic rings. The van der Waals surface area contributed by atoms with Gasteiger partial charge >= 0.3 is 18.0 Å². The average molecular weight is 701 g/mol. The Morgan fingerprint density at radius 2 is 1.78 bits per heavy atom. The second kappa shape index (κ2) is 14.9. The molecule has 1 saturated carbocycles. The molecule has 2 amide bonds. The minimum Gasteiger partial charge on any atom is -0.497 e. The second-order valence-corrected chi connectivity index (χ2v) is 15.0. The first-order valence-corrected chi connectivity index (χ1v) is 17.0. The Labute approximate surface area is 292 Å². The zero-order chi connectivity index (χ0) is 37.2. The Kier molecular flexibility index (Phi) is 11.5. The molecule has 0 bridgehead atoms. The SMILES string of the molecule is C=CCC[C@@H]1C[C@H]1OC(=O)N[C@H](C(=O)N1C[C@H](Oc2nc3cc(OC)ccc3nc2C(F)(F)C=C)[C@@H](CC)[C@H]1C(=O)OC(C)(C)C)C(C)(C)C. The van der Waals surface area contributed by atoms with E-state index in [2.05, 4.69) is 28.4 Å². The van der Waals surface area contributed by atoms with Crippen molar-refractivity contribution < 1.29 is 42.1 Å². The summed E-state index contributed by atoms with van der Waals surface area (Å²) in [6.45, 7) is 19.1. The normalized spacial score (nSPS) is 22.8. The number of methoxy groups -OCH3 is 1. The van der Waals surface area contributed by atoms with Crippen molar-refractivity contribution in [2.75, 3.05) is 13.7 Å². The van der Waals surface area contributed by atoms with Crippen molar-refractivity contribution in [3.63, 3.8) is 0 Å². The van der Waals surface area contributed by atoms with Crippen molar-refractivity contribution in [2.45, 2.75) is 110 Å². The lowest BCUT2D eigenvalue weighted by Gasteiger charge is -2.36. The van der Waals surface area contributed by atoms with Crippen LogP contribution in [0.2, 0.25) is 0 Å². The first-order chi connectivity index (χ1) is 23.3. The van der Waals surface area contributed by atoms with Crippen LogP contribution in [0.25, 0.3) is 11.0 Å². The van der Waals surface area contributed by atoms with Gasteiger partial charge in [-0.05, 0) is 76.0 Å². The molecule has 1 aromatic heterocycles. The maximum Gasteiger partial charge on any atom is 0.408 e. The number of ether oxygens (including phenoxy) is 4. The van der Waals surface area contributed by atoms with Gasteiger partial charge < -0.3 is 29.2 Å². The Morgan fingerprint density at radius 1 is 1.08 bits per heavy atom. The Morgan fingerprint density at radius 3 is 2.36 bits per heavy atom. The number of hydrogen-bond donors (Lipinski definition) is 1. The highest BCUT2D eigenvalue weighted by Crippen LogP contribution is 2.40. The molecule has 6 atom stereocenters. The van der Waals surface area contributed by atoms with E-state index in [-0.39, 0.29) is 29.6 Å². The van der Waals surface area contributed by atoms with Crippen LogP contribution in [0.5, 0.6) is 11.6 Å². The summed E-state index contributed by atoms with van der Waals surface area (Å²) in [5.41, 5.74) is -2.06. The molecule has 1 aromatic carbocycles. The van der Waals surface area contributed by atoms with Crippen molar-refractivity contribution in [3.05, 3.63) is 49.2 Å². The van der Waals surface area contributed by atoms with Gasteiger partial charge in [0.15, 0.2) is 5.69 Å². The summed E-state index contributed by atoms with van der Waals surface area (Å²) in [4.78, 5) is 51.4. The molecule has 11 nitrogen and oxygen atoms in total. The van der Waals surface area contributed by atoms with Crippen LogP contribution in [0.1, 0.15) is 79.8 Å². The topological polar surface area (TPSA) is 129 Å². The number of benzene rings is 1. The molecular formula is C37H50F2N4O7. The molecule has 2 aliphatic rings. The van der Waals surface area contributed by atoms with Crippen LogP contribution in [-0.4, -0.2) is 76.4 Å². The minimum atomic E-state index is -3.62. The predicted molar refractivity (Wildman–Crippen MR) is 184 cm³/mol. The van der Waals surface area contributed by atoms with Gasteiger partial charge in [0.1, 0.15) is 35.6 Å². The number of halogens is 2. The molecular weight excluding hydrogens is 650 g/mol. The fourth-order valence-corrected chi connectivity index (χ4v) is 6.17. The number of carbonyl (C=O) groups is 3. The molecule has 13 heteroatoms.